The number of rotatable bonds is 5. The van der Waals surface area contributed by atoms with Crippen LogP contribution in [0.3, 0.4) is 0 Å². The van der Waals surface area contributed by atoms with Crippen LogP contribution in [0.2, 0.25) is 0 Å². The molecule has 0 aliphatic heterocycles. The summed E-state index contributed by atoms with van der Waals surface area (Å²) in [7, 11) is -3.98. The molecule has 2 fully saturated rings. The zero-order valence-corrected chi connectivity index (χ0v) is 22.9. The van der Waals surface area contributed by atoms with Gasteiger partial charge in [-0.05, 0) is 60.5 Å². The van der Waals surface area contributed by atoms with Crippen molar-refractivity contribution in [3.63, 3.8) is 0 Å². The molecule has 2 bridgehead atoms. The highest BCUT2D eigenvalue weighted by atomic mass is 32.2. The largest absolute Gasteiger partial charge is 0.458 e. The molecular formula is C25H40O10S. The number of carbonyl (C=O) groups excluding carboxylic acids is 2. The van der Waals surface area contributed by atoms with Crippen molar-refractivity contribution in [3.8, 4) is 0 Å². The molecular weight excluding hydrogens is 492 g/mol. The predicted octanol–water partition coefficient (Wildman–Crippen LogP) is 1.46. The van der Waals surface area contributed by atoms with E-state index in [-0.39, 0.29) is 19.3 Å². The molecule has 10 nitrogen and oxygen atoms in total. The van der Waals surface area contributed by atoms with Crippen molar-refractivity contribution in [1.29, 1.82) is 0 Å². The molecule has 8 atom stereocenters. The van der Waals surface area contributed by atoms with E-state index in [9.17, 15) is 33.3 Å². The molecule has 11 heteroatoms. The average Bonchev–Trinajstić information content (AvgIpc) is 2.69. The molecule has 0 aromatic rings. The number of carbonyl (C=O) groups is 2. The van der Waals surface area contributed by atoms with Crippen LogP contribution in [0.15, 0.2) is 11.1 Å². The van der Waals surface area contributed by atoms with E-state index in [4.69, 9.17) is 13.7 Å². The molecule has 3 aliphatic rings. The maximum absolute atomic E-state index is 12.2. The van der Waals surface area contributed by atoms with Crippen LogP contribution in [-0.2, 0) is 33.4 Å². The highest BCUT2D eigenvalue weighted by Gasteiger charge is 2.64. The zero-order valence-electron chi connectivity index (χ0n) is 22.1. The quantitative estimate of drug-likeness (QED) is 0.269. The van der Waals surface area contributed by atoms with E-state index in [1.807, 2.05) is 27.7 Å². The lowest BCUT2D eigenvalue weighted by Gasteiger charge is -2.61. The monoisotopic (exact) mass is 532 g/mol. The first kappa shape index (κ1) is 29.0. The summed E-state index contributed by atoms with van der Waals surface area (Å²) in [4.78, 5) is 24.1. The van der Waals surface area contributed by atoms with Crippen molar-refractivity contribution < 1.29 is 47.0 Å². The van der Waals surface area contributed by atoms with E-state index in [0.29, 0.717) is 6.42 Å². The van der Waals surface area contributed by atoms with Crippen LogP contribution >= 0.6 is 0 Å². The number of esters is 2. The molecule has 36 heavy (non-hydrogen) atoms. The van der Waals surface area contributed by atoms with Crippen LogP contribution in [-0.4, -0.2) is 78.6 Å². The van der Waals surface area contributed by atoms with Gasteiger partial charge < -0.3 is 24.8 Å². The molecule has 0 radical (unpaired) electrons. The van der Waals surface area contributed by atoms with Crippen molar-refractivity contribution in [3.05, 3.63) is 11.1 Å². The minimum Gasteiger partial charge on any atom is -0.458 e. The standard InChI is InChI=1S/C25H40O10S/c1-13-17(33-14(2)27)10-16-21(29)22-24(6,11-18(34-15(3)28)20(13)23(16,4)5)9-8-19(25(22,30)12-26)35-36(7,31)32/h16-19,21-22,26,29-30H,8-12H2,1-7H3/t16?,17-,18-,19-,21+,22-,24-,25-/m0/s1. The first-order chi connectivity index (χ1) is 16.4. The summed E-state index contributed by atoms with van der Waals surface area (Å²) >= 11 is 0. The highest BCUT2D eigenvalue weighted by Crippen LogP contribution is 2.61. The van der Waals surface area contributed by atoms with Gasteiger partial charge in [-0.2, -0.15) is 8.42 Å². The molecule has 3 aliphatic carbocycles. The summed E-state index contributed by atoms with van der Waals surface area (Å²) in [5, 5.41) is 34.2. The predicted molar refractivity (Wildman–Crippen MR) is 129 cm³/mol. The summed E-state index contributed by atoms with van der Waals surface area (Å²) in [5.74, 6) is -2.62. The molecule has 3 N–H and O–H groups in total. The van der Waals surface area contributed by atoms with Crippen molar-refractivity contribution in [2.24, 2.45) is 22.7 Å². The summed E-state index contributed by atoms with van der Waals surface area (Å²) in [6.45, 7) is 9.27. The molecule has 0 amide bonds. The van der Waals surface area contributed by atoms with E-state index in [2.05, 4.69) is 0 Å². The van der Waals surface area contributed by atoms with Gasteiger partial charge in [0.1, 0.15) is 23.9 Å². The molecule has 2 saturated carbocycles. The Labute approximate surface area is 213 Å². The normalized spacial score (nSPS) is 40.5. The fourth-order valence-corrected chi connectivity index (χ4v) is 8.05. The minimum atomic E-state index is -3.98. The van der Waals surface area contributed by atoms with Gasteiger partial charge in [0, 0.05) is 19.8 Å². The Hall–Kier alpha value is -1.53. The van der Waals surface area contributed by atoms with Gasteiger partial charge in [-0.3, -0.25) is 13.8 Å². The third kappa shape index (κ3) is 5.09. The van der Waals surface area contributed by atoms with E-state index < -0.39 is 81.3 Å². The van der Waals surface area contributed by atoms with Crippen molar-refractivity contribution in [1.82, 2.24) is 0 Å². The molecule has 206 valence electrons. The average molecular weight is 533 g/mol. The third-order valence-electron chi connectivity index (χ3n) is 8.71. The van der Waals surface area contributed by atoms with Gasteiger partial charge in [0.25, 0.3) is 10.1 Å². The number of hydrogen-bond acceptors (Lipinski definition) is 10. The van der Waals surface area contributed by atoms with E-state index in [1.54, 1.807) is 0 Å². The van der Waals surface area contributed by atoms with Crippen molar-refractivity contribution in [2.45, 2.75) is 97.2 Å². The van der Waals surface area contributed by atoms with E-state index >= 15 is 0 Å². The van der Waals surface area contributed by atoms with Crippen LogP contribution in [0, 0.1) is 22.7 Å². The Morgan fingerprint density at radius 1 is 1.08 bits per heavy atom. The SMILES string of the molecule is CC(=O)O[C@H]1CC2[C@@H](O)[C@H]3[C@@](C)(CC[C@H](OS(C)(=O)=O)[C@@]3(O)CO)C[C@H](OC(C)=O)C(=C1C)C2(C)C. The maximum Gasteiger partial charge on any atom is 0.303 e. The van der Waals surface area contributed by atoms with Gasteiger partial charge in [0.15, 0.2) is 0 Å². The summed E-state index contributed by atoms with van der Waals surface area (Å²) < 4.78 is 40.6. The fourth-order valence-electron chi connectivity index (χ4n) is 7.36. The molecule has 0 saturated heterocycles. The lowest BCUT2D eigenvalue weighted by atomic mass is 9.48. The van der Waals surface area contributed by atoms with Crippen LogP contribution < -0.4 is 0 Å². The number of ether oxygens (including phenoxy) is 2. The highest BCUT2D eigenvalue weighted by molar-refractivity contribution is 7.86. The number of fused-ring (bicyclic) bond motifs is 3. The summed E-state index contributed by atoms with van der Waals surface area (Å²) in [6, 6.07) is 0. The van der Waals surface area contributed by atoms with Gasteiger partial charge in [0.05, 0.1) is 19.0 Å². The fraction of sp³-hybridized carbons (Fsp3) is 0.840. The summed E-state index contributed by atoms with van der Waals surface area (Å²) in [6.07, 6.45) is -2.15. The van der Waals surface area contributed by atoms with Crippen LogP contribution in [0.1, 0.15) is 67.2 Å². The van der Waals surface area contributed by atoms with Crippen molar-refractivity contribution in [2.75, 3.05) is 12.9 Å². The van der Waals surface area contributed by atoms with Gasteiger partial charge in [-0.15, -0.1) is 0 Å². The lowest BCUT2D eigenvalue weighted by Crippen LogP contribution is -2.68. The second-order valence-electron chi connectivity index (χ2n) is 11.7. The summed E-state index contributed by atoms with van der Waals surface area (Å²) in [5.41, 5.74) is -2.18. The van der Waals surface area contributed by atoms with E-state index in [1.165, 1.54) is 13.8 Å². The Kier molecular flexibility index (Phi) is 7.78. The third-order valence-corrected chi connectivity index (χ3v) is 9.29. The number of aliphatic hydroxyl groups is 3. The molecule has 0 aromatic carbocycles. The Balaban J connectivity index is 2.25. The van der Waals surface area contributed by atoms with Crippen LogP contribution in [0.4, 0.5) is 0 Å². The molecule has 1 unspecified atom stereocenters. The van der Waals surface area contributed by atoms with Gasteiger partial charge in [0.2, 0.25) is 0 Å². The lowest BCUT2D eigenvalue weighted by molar-refractivity contribution is -0.238. The maximum atomic E-state index is 12.2. The number of hydrogen-bond donors (Lipinski definition) is 3. The van der Waals surface area contributed by atoms with Crippen LogP contribution in [0.5, 0.6) is 0 Å². The zero-order chi connectivity index (χ0) is 27.4. The topological polar surface area (TPSA) is 157 Å². The molecule has 3 rings (SSSR count). The van der Waals surface area contributed by atoms with Gasteiger partial charge in [-0.25, -0.2) is 0 Å². The minimum absolute atomic E-state index is 0.110. The first-order valence-electron chi connectivity index (χ1n) is 12.3. The smallest absolute Gasteiger partial charge is 0.303 e. The van der Waals surface area contributed by atoms with Gasteiger partial charge in [-0.1, -0.05) is 20.8 Å². The Bertz CT molecular complexity index is 1030. The Morgan fingerprint density at radius 2 is 1.64 bits per heavy atom. The molecule has 0 heterocycles. The molecule has 0 spiro atoms. The second-order valence-corrected chi connectivity index (χ2v) is 13.3. The Morgan fingerprint density at radius 3 is 2.14 bits per heavy atom. The first-order valence-corrected chi connectivity index (χ1v) is 14.1. The second kappa shape index (κ2) is 9.65. The van der Waals surface area contributed by atoms with Gasteiger partial charge >= 0.3 is 11.9 Å². The van der Waals surface area contributed by atoms with Crippen LogP contribution in [0.25, 0.3) is 0 Å². The van der Waals surface area contributed by atoms with Crippen molar-refractivity contribution >= 4 is 22.1 Å². The van der Waals surface area contributed by atoms with E-state index in [0.717, 1.165) is 17.4 Å². The number of aliphatic hydroxyl groups excluding tert-OH is 2. The molecule has 0 aromatic heterocycles.